The Labute approximate surface area is 111 Å². The number of hydrogen-bond acceptors (Lipinski definition) is 3. The maximum absolute atomic E-state index is 12.3. The molecule has 1 aromatic carbocycles. The van der Waals surface area contributed by atoms with Crippen molar-refractivity contribution < 1.29 is 14.7 Å². The van der Waals surface area contributed by atoms with E-state index in [4.69, 9.17) is 0 Å². The largest absolute Gasteiger partial charge is 0.375 e. The minimum atomic E-state index is -1.69. The molecule has 0 bridgehead atoms. The molecule has 0 spiro atoms. The fourth-order valence-electron chi connectivity index (χ4n) is 3.28. The van der Waals surface area contributed by atoms with E-state index in [2.05, 4.69) is 5.32 Å². The number of ketones is 1. The third kappa shape index (κ3) is 1.63. The van der Waals surface area contributed by atoms with Gasteiger partial charge in [0.15, 0.2) is 5.60 Å². The number of rotatable bonds is 1. The van der Waals surface area contributed by atoms with Crippen LogP contribution in [0.5, 0.6) is 0 Å². The van der Waals surface area contributed by atoms with Crippen LogP contribution in [-0.2, 0) is 15.2 Å². The highest BCUT2D eigenvalue weighted by molar-refractivity contribution is 6.08. The van der Waals surface area contributed by atoms with Crippen LogP contribution in [0.1, 0.15) is 31.7 Å². The highest BCUT2D eigenvalue weighted by Crippen LogP contribution is 2.45. The van der Waals surface area contributed by atoms with Gasteiger partial charge in [-0.05, 0) is 18.9 Å². The lowest BCUT2D eigenvalue weighted by Gasteiger charge is -2.35. The average molecular weight is 259 g/mol. The maximum atomic E-state index is 12.3. The summed E-state index contributed by atoms with van der Waals surface area (Å²) in [4.78, 5) is 24.5. The molecule has 1 amide bonds. The third-order valence-corrected chi connectivity index (χ3v) is 4.40. The molecule has 0 saturated heterocycles. The van der Waals surface area contributed by atoms with E-state index in [1.807, 2.05) is 6.92 Å². The zero-order valence-corrected chi connectivity index (χ0v) is 10.8. The van der Waals surface area contributed by atoms with E-state index in [0.29, 0.717) is 17.7 Å². The summed E-state index contributed by atoms with van der Waals surface area (Å²) in [5.74, 6) is -1.18. The van der Waals surface area contributed by atoms with Gasteiger partial charge in [0.2, 0.25) is 0 Å². The van der Waals surface area contributed by atoms with Gasteiger partial charge < -0.3 is 10.4 Å². The predicted octanol–water partition coefficient (Wildman–Crippen LogP) is 1.83. The molecule has 0 aromatic heterocycles. The molecule has 1 aliphatic carbocycles. The predicted molar refractivity (Wildman–Crippen MR) is 70.5 cm³/mol. The Morgan fingerprint density at radius 2 is 2.00 bits per heavy atom. The summed E-state index contributed by atoms with van der Waals surface area (Å²) in [6, 6.07) is 7.05. The number of carbonyl (C=O) groups excluding carboxylic acids is 2. The van der Waals surface area contributed by atoms with Crippen molar-refractivity contribution in [2.45, 2.75) is 31.8 Å². The van der Waals surface area contributed by atoms with Gasteiger partial charge in [-0.3, -0.25) is 9.59 Å². The molecule has 1 heterocycles. The average Bonchev–Trinajstić information content (AvgIpc) is 2.66. The van der Waals surface area contributed by atoms with Crippen molar-refractivity contribution in [2.24, 2.45) is 11.8 Å². The molecule has 1 aliphatic heterocycles. The van der Waals surface area contributed by atoms with E-state index >= 15 is 0 Å². The summed E-state index contributed by atoms with van der Waals surface area (Å²) < 4.78 is 0. The summed E-state index contributed by atoms with van der Waals surface area (Å²) >= 11 is 0. The summed E-state index contributed by atoms with van der Waals surface area (Å²) in [7, 11) is 0. The minimum absolute atomic E-state index is 0.000558. The van der Waals surface area contributed by atoms with Gasteiger partial charge in [-0.15, -0.1) is 0 Å². The third-order valence-electron chi connectivity index (χ3n) is 4.40. The van der Waals surface area contributed by atoms with Crippen LogP contribution in [0.4, 0.5) is 5.69 Å². The highest BCUT2D eigenvalue weighted by Gasteiger charge is 2.54. The van der Waals surface area contributed by atoms with E-state index in [0.717, 1.165) is 12.8 Å². The summed E-state index contributed by atoms with van der Waals surface area (Å²) in [5.41, 5.74) is -0.545. The Balaban J connectivity index is 2.07. The van der Waals surface area contributed by atoms with Crippen LogP contribution in [0.3, 0.4) is 0 Å². The van der Waals surface area contributed by atoms with Gasteiger partial charge in [-0.1, -0.05) is 31.5 Å². The van der Waals surface area contributed by atoms with Gasteiger partial charge in [0.1, 0.15) is 5.78 Å². The molecule has 2 aliphatic rings. The van der Waals surface area contributed by atoms with Crippen LogP contribution in [-0.4, -0.2) is 16.8 Å². The zero-order valence-electron chi connectivity index (χ0n) is 10.8. The minimum Gasteiger partial charge on any atom is -0.375 e. The van der Waals surface area contributed by atoms with E-state index in [-0.39, 0.29) is 11.7 Å². The van der Waals surface area contributed by atoms with Gasteiger partial charge >= 0.3 is 0 Å². The smallest absolute Gasteiger partial charge is 0.261 e. The van der Waals surface area contributed by atoms with Crippen molar-refractivity contribution in [2.75, 3.05) is 5.32 Å². The van der Waals surface area contributed by atoms with Crippen LogP contribution in [0.15, 0.2) is 24.3 Å². The fraction of sp³-hybridized carbons (Fsp3) is 0.467. The standard InChI is InChI=1S/C15H17NO3/c1-9-5-4-7-11(13(9)17)15(19)10-6-2-3-8-12(10)16-14(15)18/h2-3,6,8-9,11,19H,4-5,7H2,1H3,(H,16,18)/t9-,11-,15+/m1/s1. The van der Waals surface area contributed by atoms with Crippen molar-refractivity contribution in [3.63, 3.8) is 0 Å². The normalized spacial score (nSPS) is 34.0. The summed E-state index contributed by atoms with van der Waals surface area (Å²) in [5, 5.41) is 13.6. The van der Waals surface area contributed by atoms with Crippen molar-refractivity contribution >= 4 is 17.4 Å². The second-order valence-corrected chi connectivity index (χ2v) is 5.55. The molecule has 4 nitrogen and oxygen atoms in total. The quantitative estimate of drug-likeness (QED) is 0.808. The number of hydrogen-bond donors (Lipinski definition) is 2. The Bertz CT molecular complexity index is 554. The lowest BCUT2D eigenvalue weighted by atomic mass is 9.70. The fourth-order valence-corrected chi connectivity index (χ4v) is 3.28. The Morgan fingerprint density at radius 1 is 1.26 bits per heavy atom. The first-order valence-electron chi connectivity index (χ1n) is 6.72. The van der Waals surface area contributed by atoms with E-state index < -0.39 is 17.4 Å². The molecule has 1 saturated carbocycles. The van der Waals surface area contributed by atoms with Crippen LogP contribution < -0.4 is 5.32 Å². The Hall–Kier alpha value is -1.68. The number of anilines is 1. The monoisotopic (exact) mass is 259 g/mol. The molecule has 0 radical (unpaired) electrons. The van der Waals surface area contributed by atoms with E-state index in [1.165, 1.54) is 0 Å². The van der Waals surface area contributed by atoms with Crippen LogP contribution in [0.25, 0.3) is 0 Å². The zero-order chi connectivity index (χ0) is 13.6. The van der Waals surface area contributed by atoms with Crippen molar-refractivity contribution in [1.82, 2.24) is 0 Å². The molecule has 3 atom stereocenters. The number of aliphatic hydroxyl groups is 1. The Morgan fingerprint density at radius 3 is 2.79 bits per heavy atom. The van der Waals surface area contributed by atoms with Gasteiger partial charge in [0.05, 0.1) is 5.92 Å². The molecule has 2 N–H and O–H groups in total. The van der Waals surface area contributed by atoms with Crippen molar-refractivity contribution in [3.05, 3.63) is 29.8 Å². The first-order valence-corrected chi connectivity index (χ1v) is 6.72. The number of amides is 1. The number of Topliss-reactive ketones (excluding diaryl/α,β-unsaturated/α-hetero) is 1. The lowest BCUT2D eigenvalue weighted by molar-refractivity contribution is -0.152. The molecule has 1 fully saturated rings. The number of fused-ring (bicyclic) bond motifs is 1. The molecular formula is C15H17NO3. The van der Waals surface area contributed by atoms with Crippen LogP contribution in [0, 0.1) is 11.8 Å². The number of para-hydroxylation sites is 1. The second kappa shape index (κ2) is 4.17. The van der Waals surface area contributed by atoms with Gasteiger partial charge in [0, 0.05) is 17.2 Å². The SMILES string of the molecule is C[C@@H]1CCC[C@@H]([C@]2(O)C(=O)Nc3ccccc32)C1=O. The number of nitrogens with one attached hydrogen (secondary N) is 1. The summed E-state index contributed by atoms with van der Waals surface area (Å²) in [6.07, 6.45) is 2.28. The Kier molecular flexibility index (Phi) is 2.71. The molecule has 4 heteroatoms. The van der Waals surface area contributed by atoms with Gasteiger partial charge in [-0.2, -0.15) is 0 Å². The van der Waals surface area contributed by atoms with E-state index in [1.54, 1.807) is 24.3 Å². The first-order chi connectivity index (χ1) is 9.05. The maximum Gasteiger partial charge on any atom is 0.261 e. The molecular weight excluding hydrogens is 242 g/mol. The van der Waals surface area contributed by atoms with Gasteiger partial charge in [-0.25, -0.2) is 0 Å². The molecule has 100 valence electrons. The number of benzene rings is 1. The lowest BCUT2D eigenvalue weighted by Crippen LogP contribution is -2.48. The van der Waals surface area contributed by atoms with Gasteiger partial charge in [0.25, 0.3) is 5.91 Å². The molecule has 1 aromatic rings. The first kappa shape index (κ1) is 12.4. The molecule has 19 heavy (non-hydrogen) atoms. The molecule has 3 rings (SSSR count). The number of carbonyl (C=O) groups is 2. The summed E-state index contributed by atoms with van der Waals surface area (Å²) in [6.45, 7) is 1.87. The molecule has 0 unspecified atom stereocenters. The highest BCUT2D eigenvalue weighted by atomic mass is 16.3. The van der Waals surface area contributed by atoms with E-state index in [9.17, 15) is 14.7 Å². The van der Waals surface area contributed by atoms with Crippen molar-refractivity contribution in [1.29, 1.82) is 0 Å². The van der Waals surface area contributed by atoms with Crippen LogP contribution >= 0.6 is 0 Å². The second-order valence-electron chi connectivity index (χ2n) is 5.55. The topological polar surface area (TPSA) is 66.4 Å². The van der Waals surface area contributed by atoms with Crippen molar-refractivity contribution in [3.8, 4) is 0 Å². The van der Waals surface area contributed by atoms with Crippen LogP contribution in [0.2, 0.25) is 0 Å².